The Hall–Kier alpha value is -3.27. The number of furan rings is 1. The van der Waals surface area contributed by atoms with Crippen LogP contribution in [-0.4, -0.2) is 15.0 Å². The van der Waals surface area contributed by atoms with E-state index in [-0.39, 0.29) is 0 Å². The normalized spacial score (nSPS) is 10.4. The van der Waals surface area contributed by atoms with Crippen molar-refractivity contribution in [1.82, 2.24) is 15.0 Å². The quantitative estimate of drug-likeness (QED) is 0.228. The van der Waals surface area contributed by atoms with Gasteiger partial charge >= 0.3 is 0 Å². The van der Waals surface area contributed by atoms with Gasteiger partial charge in [-0.15, -0.1) is 0 Å². The number of aromatic nitrogens is 3. The number of hydrogen-bond acceptors (Lipinski definition) is 4. The highest BCUT2D eigenvalue weighted by Crippen LogP contribution is 2.08. The summed E-state index contributed by atoms with van der Waals surface area (Å²) in [6.07, 6.45) is 17.3. The van der Waals surface area contributed by atoms with Gasteiger partial charge in [0.25, 0.3) is 0 Å². The first kappa shape index (κ1) is 33.8. The topological polar surface area (TPSA) is 51.8 Å². The summed E-state index contributed by atoms with van der Waals surface area (Å²) in [5.74, 6) is 2.89. The fourth-order valence-corrected chi connectivity index (χ4v) is 3.80. The highest BCUT2D eigenvalue weighted by molar-refractivity contribution is 5.10. The molecule has 4 heteroatoms. The van der Waals surface area contributed by atoms with Crippen molar-refractivity contribution < 1.29 is 4.42 Å². The van der Waals surface area contributed by atoms with Gasteiger partial charge < -0.3 is 4.42 Å². The van der Waals surface area contributed by atoms with E-state index in [1.807, 2.05) is 55.2 Å². The van der Waals surface area contributed by atoms with E-state index in [1.165, 1.54) is 22.4 Å². The van der Waals surface area contributed by atoms with Crippen LogP contribution in [0.15, 0.2) is 96.5 Å². The highest BCUT2D eigenvalue weighted by Gasteiger charge is 1.97. The van der Waals surface area contributed by atoms with Gasteiger partial charge in [-0.05, 0) is 102 Å². The van der Waals surface area contributed by atoms with Crippen LogP contribution in [0, 0.1) is 23.7 Å². The molecule has 0 spiro atoms. The summed E-state index contributed by atoms with van der Waals surface area (Å²) in [4.78, 5) is 12.2. The molecule has 0 saturated heterocycles. The van der Waals surface area contributed by atoms with E-state index in [4.69, 9.17) is 4.42 Å². The van der Waals surface area contributed by atoms with Crippen LogP contribution in [-0.2, 0) is 25.7 Å². The van der Waals surface area contributed by atoms with E-state index in [0.29, 0.717) is 5.92 Å². The van der Waals surface area contributed by atoms with E-state index in [9.17, 15) is 0 Å². The minimum absolute atomic E-state index is 0.704. The molecule has 0 unspecified atom stereocenters. The molecule has 4 heterocycles. The molecule has 0 aliphatic heterocycles. The molecule has 0 aliphatic carbocycles. The molecule has 0 aromatic carbocycles. The van der Waals surface area contributed by atoms with Gasteiger partial charge in [-0.25, -0.2) is 0 Å². The second-order valence-electron chi connectivity index (χ2n) is 11.6. The molecule has 212 valence electrons. The van der Waals surface area contributed by atoms with Crippen molar-refractivity contribution in [1.29, 1.82) is 0 Å². The van der Waals surface area contributed by atoms with E-state index >= 15 is 0 Å². The van der Waals surface area contributed by atoms with Crippen molar-refractivity contribution in [2.45, 2.75) is 81.1 Å². The van der Waals surface area contributed by atoms with Gasteiger partial charge in [0.15, 0.2) is 0 Å². The number of rotatable bonds is 8. The summed E-state index contributed by atoms with van der Waals surface area (Å²) in [6, 6.07) is 16.3. The summed E-state index contributed by atoms with van der Waals surface area (Å²) in [6.45, 7) is 17.7. The fourth-order valence-electron chi connectivity index (χ4n) is 3.80. The molecule has 0 radical (unpaired) electrons. The van der Waals surface area contributed by atoms with Crippen molar-refractivity contribution in [3.63, 3.8) is 0 Å². The zero-order chi connectivity index (χ0) is 28.9. The molecular weight excluding hydrogens is 478 g/mol. The van der Waals surface area contributed by atoms with Crippen LogP contribution in [0.5, 0.6) is 0 Å². The second kappa shape index (κ2) is 20.7. The first-order chi connectivity index (χ1) is 18.7. The Morgan fingerprint density at radius 2 is 1.15 bits per heavy atom. The van der Waals surface area contributed by atoms with Crippen LogP contribution in [0.2, 0.25) is 0 Å². The third-order valence-corrected chi connectivity index (χ3v) is 5.33. The Balaban J connectivity index is 0.000000260. The van der Waals surface area contributed by atoms with Crippen LogP contribution in [0.25, 0.3) is 0 Å². The average molecular weight is 530 g/mol. The lowest BCUT2D eigenvalue weighted by Gasteiger charge is -2.02. The van der Waals surface area contributed by atoms with Gasteiger partial charge in [-0.1, -0.05) is 67.5 Å². The predicted molar refractivity (Wildman–Crippen MR) is 166 cm³/mol. The molecule has 0 atom stereocenters. The summed E-state index contributed by atoms with van der Waals surface area (Å²) >= 11 is 0. The van der Waals surface area contributed by atoms with Gasteiger partial charge in [0, 0.05) is 36.7 Å². The van der Waals surface area contributed by atoms with Gasteiger partial charge in [-0.3, -0.25) is 15.0 Å². The SMILES string of the molecule is CC(C)Cc1ccccn1.CC(C)Cc1cccnc1.CC(C)Cc1ccncc1.CC(C)Cc1ccoc1. The zero-order valence-electron chi connectivity index (χ0n) is 25.5. The van der Waals surface area contributed by atoms with E-state index < -0.39 is 0 Å². The molecule has 4 rings (SSSR count). The predicted octanol–water partition coefficient (Wildman–Crippen LogP) is 9.32. The standard InChI is InChI=1S/3C9H13N.C8H12O/c1-8(2)7-9-3-5-10-6-4-9;1-8(2)6-9-4-3-5-10-7-9;1-8(2)7-9-5-3-4-6-10-9;1-7(2)5-8-3-4-9-6-8/h3-6,8H,7H2,1-2H3;3-5,7-8H,6H2,1-2H3;3-6,8H,7H2,1-2H3;3-4,6-7H,5H2,1-2H3. The molecule has 0 amide bonds. The number of nitrogens with zero attached hydrogens (tertiary/aromatic N) is 3. The van der Waals surface area contributed by atoms with Crippen LogP contribution in [0.3, 0.4) is 0 Å². The summed E-state index contributed by atoms with van der Waals surface area (Å²) in [5.41, 5.74) is 5.20. The molecule has 0 fully saturated rings. The number of hydrogen-bond donors (Lipinski definition) is 0. The van der Waals surface area contributed by atoms with Crippen LogP contribution in [0.4, 0.5) is 0 Å². The largest absolute Gasteiger partial charge is 0.472 e. The van der Waals surface area contributed by atoms with Crippen LogP contribution >= 0.6 is 0 Å². The van der Waals surface area contributed by atoms with E-state index in [2.05, 4.69) is 94.6 Å². The minimum Gasteiger partial charge on any atom is -0.472 e. The third-order valence-electron chi connectivity index (χ3n) is 5.33. The summed E-state index contributed by atoms with van der Waals surface area (Å²) in [5, 5.41) is 0. The van der Waals surface area contributed by atoms with Crippen molar-refractivity contribution in [3.05, 3.63) is 114 Å². The Bertz CT molecular complexity index is 937. The van der Waals surface area contributed by atoms with E-state index in [0.717, 1.165) is 43.4 Å². The number of pyridine rings is 3. The summed E-state index contributed by atoms with van der Waals surface area (Å²) in [7, 11) is 0. The Morgan fingerprint density at radius 3 is 1.64 bits per heavy atom. The zero-order valence-corrected chi connectivity index (χ0v) is 25.5. The van der Waals surface area contributed by atoms with Gasteiger partial charge in [0.2, 0.25) is 0 Å². The Labute approximate surface area is 238 Å². The lowest BCUT2D eigenvalue weighted by Crippen LogP contribution is -1.95. The molecule has 0 saturated carbocycles. The van der Waals surface area contributed by atoms with Gasteiger partial charge in [0.1, 0.15) is 0 Å². The highest BCUT2D eigenvalue weighted by atomic mass is 16.3. The van der Waals surface area contributed by atoms with Gasteiger partial charge in [0.05, 0.1) is 12.5 Å². The molecular formula is C35H51N3O. The smallest absolute Gasteiger partial charge is 0.0934 e. The fraction of sp³-hybridized carbons (Fsp3) is 0.457. The van der Waals surface area contributed by atoms with Crippen molar-refractivity contribution in [2.24, 2.45) is 23.7 Å². The maximum absolute atomic E-state index is 4.92. The lowest BCUT2D eigenvalue weighted by molar-refractivity contribution is 0.557. The molecule has 0 bridgehead atoms. The van der Waals surface area contributed by atoms with Crippen molar-refractivity contribution in [3.8, 4) is 0 Å². The second-order valence-corrected chi connectivity index (χ2v) is 11.6. The monoisotopic (exact) mass is 529 g/mol. The molecule has 0 aliphatic rings. The molecule has 4 nitrogen and oxygen atoms in total. The maximum atomic E-state index is 4.92. The first-order valence-electron chi connectivity index (χ1n) is 14.3. The Morgan fingerprint density at radius 1 is 0.538 bits per heavy atom. The van der Waals surface area contributed by atoms with Crippen LogP contribution in [0.1, 0.15) is 77.8 Å². The van der Waals surface area contributed by atoms with E-state index in [1.54, 1.807) is 12.5 Å². The Kier molecular flexibility index (Phi) is 17.9. The third kappa shape index (κ3) is 19.5. The van der Waals surface area contributed by atoms with Crippen molar-refractivity contribution >= 4 is 0 Å². The first-order valence-corrected chi connectivity index (χ1v) is 14.3. The maximum Gasteiger partial charge on any atom is 0.0934 e. The van der Waals surface area contributed by atoms with Crippen LogP contribution < -0.4 is 0 Å². The van der Waals surface area contributed by atoms with Gasteiger partial charge in [-0.2, -0.15) is 0 Å². The average Bonchev–Trinajstić information content (AvgIpc) is 3.38. The molecule has 4 aromatic rings. The molecule has 39 heavy (non-hydrogen) atoms. The minimum atomic E-state index is 0.704. The molecule has 0 N–H and O–H groups in total. The molecule has 4 aromatic heterocycles. The lowest BCUT2D eigenvalue weighted by atomic mass is 10.0. The summed E-state index contributed by atoms with van der Waals surface area (Å²) < 4.78 is 4.92. The van der Waals surface area contributed by atoms with Crippen molar-refractivity contribution in [2.75, 3.05) is 0 Å².